The van der Waals surface area contributed by atoms with Gasteiger partial charge in [0.2, 0.25) is 5.91 Å². The summed E-state index contributed by atoms with van der Waals surface area (Å²) in [5.74, 6) is 3.31. The smallest absolute Gasteiger partial charge is 0.258 e. The molecule has 0 spiro atoms. The Morgan fingerprint density at radius 1 is 0.850 bits per heavy atom. The largest absolute Gasteiger partial charge is 0.275 e. The van der Waals surface area contributed by atoms with Crippen LogP contribution in [0.25, 0.3) is 0 Å². The first-order valence-corrected chi connectivity index (χ1v) is 19.5. The minimum atomic E-state index is -2.68. The Morgan fingerprint density at radius 2 is 1.30 bits per heavy atom. The molecule has 1 saturated heterocycles. The van der Waals surface area contributed by atoms with E-state index in [2.05, 4.69) is 125 Å². The van der Waals surface area contributed by atoms with Gasteiger partial charge in [-0.2, -0.15) is 0 Å². The highest BCUT2D eigenvalue weighted by Gasteiger charge is 2.67. The lowest BCUT2D eigenvalue weighted by Crippen LogP contribution is -2.49. The third-order valence-electron chi connectivity index (χ3n) is 9.20. The van der Waals surface area contributed by atoms with Crippen molar-refractivity contribution in [2.24, 2.45) is 10.8 Å². The van der Waals surface area contributed by atoms with E-state index in [-0.39, 0.29) is 23.3 Å². The van der Waals surface area contributed by atoms with Crippen molar-refractivity contribution in [2.45, 2.75) is 65.7 Å². The predicted octanol–water partition coefficient (Wildman–Crippen LogP) is 5.99. The molecule has 1 saturated carbocycles. The van der Waals surface area contributed by atoms with Crippen LogP contribution < -0.4 is 15.9 Å². The Morgan fingerprint density at radius 3 is 1.68 bits per heavy atom. The quantitative estimate of drug-likeness (QED) is 0.217. The molecule has 2 aliphatic rings. The van der Waals surface area contributed by atoms with Gasteiger partial charge in [-0.3, -0.25) is 14.5 Å². The van der Waals surface area contributed by atoms with Gasteiger partial charge in [0, 0.05) is 17.8 Å². The first-order valence-electron chi connectivity index (χ1n) is 14.2. The number of hydrogen-bond acceptors (Lipinski definition) is 2. The first kappa shape index (κ1) is 28.4. The summed E-state index contributed by atoms with van der Waals surface area (Å²) in [6, 6.07) is 31.2. The van der Waals surface area contributed by atoms with Gasteiger partial charge in [0.25, 0.3) is 5.91 Å². The van der Waals surface area contributed by atoms with E-state index in [0.29, 0.717) is 6.42 Å². The molecular formula is C35H40NO2PSi. The molecule has 0 unspecified atom stereocenters. The molecule has 2 amide bonds. The van der Waals surface area contributed by atoms with Crippen molar-refractivity contribution in [3.63, 3.8) is 0 Å². The van der Waals surface area contributed by atoms with Gasteiger partial charge in [-0.15, -0.1) is 11.5 Å². The molecule has 1 aliphatic carbocycles. The fourth-order valence-electron chi connectivity index (χ4n) is 6.69. The van der Waals surface area contributed by atoms with Crippen LogP contribution in [0.5, 0.6) is 0 Å². The molecule has 0 aromatic heterocycles. The molecule has 206 valence electrons. The first-order chi connectivity index (χ1) is 18.9. The number of hydrogen-bond donors (Lipinski definition) is 0. The molecule has 2 bridgehead atoms. The van der Waals surface area contributed by atoms with Gasteiger partial charge in [0.15, 0.2) is 0 Å². The Balaban J connectivity index is 1.91. The Bertz CT molecular complexity index is 1440. The van der Waals surface area contributed by atoms with Crippen LogP contribution in [0.15, 0.2) is 91.0 Å². The van der Waals surface area contributed by atoms with Crippen LogP contribution in [-0.4, -0.2) is 36.1 Å². The maximum Gasteiger partial charge on any atom is 0.258 e. The summed E-state index contributed by atoms with van der Waals surface area (Å²) in [5.41, 5.74) is 2.72. The molecular weight excluding hydrogens is 525 g/mol. The van der Waals surface area contributed by atoms with Crippen LogP contribution >= 0.6 is 6.89 Å². The van der Waals surface area contributed by atoms with Crippen molar-refractivity contribution >= 4 is 48.0 Å². The van der Waals surface area contributed by atoms with Crippen LogP contribution in [0.1, 0.15) is 40.0 Å². The van der Waals surface area contributed by atoms with E-state index < -0.39 is 20.4 Å². The second-order valence-corrected chi connectivity index (χ2v) is 21.1. The zero-order valence-electron chi connectivity index (χ0n) is 24.6. The summed E-state index contributed by atoms with van der Waals surface area (Å²) in [6.07, 6.45) is 2.01. The van der Waals surface area contributed by atoms with Crippen molar-refractivity contribution in [1.29, 1.82) is 0 Å². The molecule has 2 fully saturated rings. The molecule has 1 aliphatic heterocycles. The minimum absolute atomic E-state index is 0.0262. The van der Waals surface area contributed by atoms with Crippen LogP contribution in [0.2, 0.25) is 19.6 Å². The second kappa shape index (κ2) is 10.4. The maximum absolute atomic E-state index is 15.1. The zero-order chi connectivity index (χ0) is 28.8. The maximum atomic E-state index is 15.1. The summed E-state index contributed by atoms with van der Waals surface area (Å²) in [6.45, 7) is 10.4. The number of carbonyl (C=O) groups excluding carboxylic acids is 2. The van der Waals surface area contributed by atoms with Crippen molar-refractivity contribution in [1.82, 2.24) is 4.90 Å². The van der Waals surface area contributed by atoms with Gasteiger partial charge in [0.05, 0.1) is 5.41 Å². The Hall–Kier alpha value is -3.12. The highest BCUT2D eigenvalue weighted by molar-refractivity contribution is 7.96. The third-order valence-corrected chi connectivity index (χ3v) is 14.5. The Labute approximate surface area is 241 Å². The number of nitrogens with zero attached hydrogens (tertiary/aromatic N) is 1. The molecule has 5 rings (SSSR count). The molecule has 5 heteroatoms. The topological polar surface area (TPSA) is 37.4 Å². The summed E-state index contributed by atoms with van der Waals surface area (Å²) in [7, 11) is -1.70. The van der Waals surface area contributed by atoms with E-state index in [9.17, 15) is 4.79 Å². The number of carbonyl (C=O) groups is 2. The van der Waals surface area contributed by atoms with E-state index in [1.807, 2.05) is 18.2 Å². The summed E-state index contributed by atoms with van der Waals surface area (Å²) < 4.78 is 0. The van der Waals surface area contributed by atoms with E-state index in [0.717, 1.165) is 34.0 Å². The van der Waals surface area contributed by atoms with Gasteiger partial charge in [-0.05, 0) is 41.1 Å². The van der Waals surface area contributed by atoms with Gasteiger partial charge in [-0.25, -0.2) is 0 Å². The number of amides is 2. The monoisotopic (exact) mass is 565 g/mol. The molecule has 3 aromatic carbocycles. The zero-order valence-corrected chi connectivity index (χ0v) is 26.5. The van der Waals surface area contributed by atoms with Gasteiger partial charge in [0.1, 0.15) is 8.07 Å². The van der Waals surface area contributed by atoms with Crippen molar-refractivity contribution in [2.75, 3.05) is 0 Å². The molecule has 0 N–H and O–H groups in total. The van der Waals surface area contributed by atoms with Crippen molar-refractivity contribution < 1.29 is 9.59 Å². The summed E-state index contributed by atoms with van der Waals surface area (Å²) in [5, 5.41) is 4.07. The number of imide groups is 1. The normalized spacial score (nSPS) is 21.6. The van der Waals surface area contributed by atoms with Crippen molar-refractivity contribution in [3.8, 4) is 11.5 Å². The van der Waals surface area contributed by atoms with Gasteiger partial charge >= 0.3 is 0 Å². The molecule has 2 atom stereocenters. The third kappa shape index (κ3) is 4.45. The lowest BCUT2D eigenvalue weighted by Gasteiger charge is -2.35. The second-order valence-electron chi connectivity index (χ2n) is 12.9. The average Bonchev–Trinajstić information content (AvgIpc) is 3.26. The molecule has 1 heterocycles. The number of piperidine rings is 1. The van der Waals surface area contributed by atoms with E-state index >= 15 is 4.79 Å². The Kier molecular flexibility index (Phi) is 7.36. The summed E-state index contributed by atoms with van der Waals surface area (Å²) >= 11 is 0. The molecule has 0 radical (unpaired) electrons. The molecule has 3 nitrogen and oxygen atoms in total. The van der Waals surface area contributed by atoms with Crippen LogP contribution in [0, 0.1) is 22.3 Å². The number of benzene rings is 3. The van der Waals surface area contributed by atoms with Gasteiger partial charge in [-0.1, -0.05) is 131 Å². The number of rotatable bonds is 5. The van der Waals surface area contributed by atoms with Crippen LogP contribution in [0.4, 0.5) is 0 Å². The fourth-order valence-corrected chi connectivity index (χ4v) is 11.7. The fraction of sp³-hybridized carbons (Fsp3) is 0.343. The van der Waals surface area contributed by atoms with Gasteiger partial charge < -0.3 is 0 Å². The number of fused-ring (bicyclic) bond motifs is 2. The minimum Gasteiger partial charge on any atom is -0.275 e. The van der Waals surface area contributed by atoms with E-state index in [1.165, 1.54) is 0 Å². The lowest BCUT2D eigenvalue weighted by molar-refractivity contribution is -0.146. The van der Waals surface area contributed by atoms with Crippen molar-refractivity contribution in [3.05, 3.63) is 91.0 Å². The standard InChI is InChI=1S/C35H40NO2PSi/c1-34(2)31-24-25-35(34,3)33(38)36(31)32(37)30(23-16-26-40(4,5)6)39(27-17-10-7-11-18-27,28-19-12-8-13-20-28)29-21-14-9-15-22-29/h7-15,17-22,31H,23-25H2,1-6H3/t31-,35-/m0/s1. The van der Waals surface area contributed by atoms with Crippen LogP contribution in [0.3, 0.4) is 0 Å². The lowest BCUT2D eigenvalue weighted by atomic mass is 9.70. The van der Waals surface area contributed by atoms with E-state index in [4.69, 9.17) is 0 Å². The predicted molar refractivity (Wildman–Crippen MR) is 173 cm³/mol. The van der Waals surface area contributed by atoms with Crippen LogP contribution in [-0.2, 0) is 9.59 Å². The molecule has 3 aromatic rings. The summed E-state index contributed by atoms with van der Waals surface area (Å²) in [4.78, 5) is 30.9. The highest BCUT2D eigenvalue weighted by atomic mass is 31.2. The SMILES string of the molecule is CC1(C)[C@@H]2CC[C@@]1(C)C(=O)N2C(=O)C(CC#C[Si](C)(C)C)=P(c1ccccc1)(c1ccccc1)c1ccccc1. The number of likely N-dealkylation sites (tertiary alicyclic amines) is 1. The average molecular weight is 566 g/mol. The molecule has 40 heavy (non-hydrogen) atoms. The van der Waals surface area contributed by atoms with E-state index in [1.54, 1.807) is 4.90 Å². The highest BCUT2D eigenvalue weighted by Crippen LogP contribution is 2.61.